The Balaban J connectivity index is 2.51. The van der Waals surface area contributed by atoms with Crippen LogP contribution in [0.2, 0.25) is 5.15 Å². The predicted molar refractivity (Wildman–Crippen MR) is 76.5 cm³/mol. The quantitative estimate of drug-likeness (QED) is 0.702. The second kappa shape index (κ2) is 4.82. The number of aromatic nitrogens is 3. The summed E-state index contributed by atoms with van der Waals surface area (Å²) in [6, 6.07) is 5.39. The molecule has 0 saturated carbocycles. The molecule has 0 bridgehead atoms. The van der Waals surface area contributed by atoms with Gasteiger partial charge in [-0.05, 0) is 25.1 Å². The first kappa shape index (κ1) is 13.5. The summed E-state index contributed by atoms with van der Waals surface area (Å²) < 4.78 is 14.8. The zero-order valence-electron chi connectivity index (χ0n) is 10.8. The second-order valence-corrected chi connectivity index (χ2v) is 4.80. The van der Waals surface area contributed by atoms with E-state index in [1.54, 1.807) is 25.3 Å². The number of halogens is 2. The van der Waals surface area contributed by atoms with Gasteiger partial charge in [-0.1, -0.05) is 11.6 Å². The summed E-state index contributed by atoms with van der Waals surface area (Å²) in [6.45, 7) is 1.73. The molecule has 106 valence electrons. The zero-order valence-corrected chi connectivity index (χ0v) is 11.6. The van der Waals surface area contributed by atoms with Gasteiger partial charge in [-0.3, -0.25) is 14.3 Å². The van der Waals surface area contributed by atoms with Crippen LogP contribution in [-0.4, -0.2) is 19.6 Å². The largest absolute Gasteiger partial charge is 0.507 e. The summed E-state index contributed by atoms with van der Waals surface area (Å²) in [7, 11) is 0. The number of hydrogen-bond donors (Lipinski definition) is 1. The Morgan fingerprint density at radius 3 is 2.86 bits per heavy atom. The van der Waals surface area contributed by atoms with Crippen molar-refractivity contribution < 1.29 is 9.50 Å². The standard InChI is InChI=1S/C14H9ClFN3O2/c1-7-10(3-2-4-17-7)19-12(21)6-11(20)8-5-9(16)13(15)18-14(8)19/h2-6,20H,1H3. The molecule has 21 heavy (non-hydrogen) atoms. The number of hydrogen-bond acceptors (Lipinski definition) is 4. The summed E-state index contributed by atoms with van der Waals surface area (Å²) in [5, 5.41) is 9.55. The van der Waals surface area contributed by atoms with Crippen molar-refractivity contribution in [2.24, 2.45) is 0 Å². The Morgan fingerprint density at radius 1 is 1.38 bits per heavy atom. The molecule has 0 aliphatic rings. The average Bonchev–Trinajstić information content (AvgIpc) is 2.43. The summed E-state index contributed by atoms with van der Waals surface area (Å²) in [5.41, 5.74) is 0.644. The van der Waals surface area contributed by atoms with Crippen LogP contribution in [-0.2, 0) is 0 Å². The van der Waals surface area contributed by atoms with Gasteiger partial charge in [0.2, 0.25) is 0 Å². The highest BCUT2D eigenvalue weighted by molar-refractivity contribution is 6.30. The van der Waals surface area contributed by atoms with E-state index < -0.39 is 11.4 Å². The monoisotopic (exact) mass is 305 g/mol. The maximum atomic E-state index is 13.5. The Labute approximate surface area is 123 Å². The molecule has 0 aliphatic heterocycles. The summed E-state index contributed by atoms with van der Waals surface area (Å²) in [4.78, 5) is 20.2. The van der Waals surface area contributed by atoms with Crippen molar-refractivity contribution in [3.8, 4) is 11.4 Å². The minimum Gasteiger partial charge on any atom is -0.507 e. The van der Waals surface area contributed by atoms with Gasteiger partial charge in [0.1, 0.15) is 5.75 Å². The van der Waals surface area contributed by atoms with E-state index in [9.17, 15) is 14.3 Å². The summed E-state index contributed by atoms with van der Waals surface area (Å²) in [6.07, 6.45) is 1.59. The number of nitrogens with zero attached hydrogens (tertiary/aromatic N) is 3. The van der Waals surface area contributed by atoms with Crippen molar-refractivity contribution in [1.82, 2.24) is 14.5 Å². The third-order valence-electron chi connectivity index (χ3n) is 3.10. The van der Waals surface area contributed by atoms with Gasteiger partial charge in [0, 0.05) is 12.3 Å². The highest BCUT2D eigenvalue weighted by Gasteiger charge is 2.15. The fourth-order valence-corrected chi connectivity index (χ4v) is 2.26. The van der Waals surface area contributed by atoms with Gasteiger partial charge in [0.25, 0.3) is 5.56 Å². The fourth-order valence-electron chi connectivity index (χ4n) is 2.12. The van der Waals surface area contributed by atoms with Gasteiger partial charge >= 0.3 is 0 Å². The topological polar surface area (TPSA) is 68.0 Å². The van der Waals surface area contributed by atoms with Crippen molar-refractivity contribution >= 4 is 22.6 Å². The fraction of sp³-hybridized carbons (Fsp3) is 0.0714. The van der Waals surface area contributed by atoms with Gasteiger partial charge in [0.05, 0.1) is 16.8 Å². The molecular formula is C14H9ClFN3O2. The first-order valence-electron chi connectivity index (χ1n) is 6.02. The molecule has 0 aromatic carbocycles. The Hall–Kier alpha value is -2.47. The van der Waals surface area contributed by atoms with Crippen molar-refractivity contribution in [3.63, 3.8) is 0 Å². The van der Waals surface area contributed by atoms with Crippen molar-refractivity contribution in [1.29, 1.82) is 0 Å². The van der Waals surface area contributed by atoms with Crippen LogP contribution in [0.1, 0.15) is 5.69 Å². The Morgan fingerprint density at radius 2 is 2.14 bits per heavy atom. The smallest absolute Gasteiger partial charge is 0.260 e. The Kier molecular flexibility index (Phi) is 3.10. The van der Waals surface area contributed by atoms with Crippen LogP contribution in [0.25, 0.3) is 16.7 Å². The van der Waals surface area contributed by atoms with E-state index in [4.69, 9.17) is 11.6 Å². The van der Waals surface area contributed by atoms with Crippen LogP contribution in [0, 0.1) is 12.7 Å². The Bertz CT molecular complexity index is 924. The molecule has 0 aliphatic carbocycles. The molecule has 0 fully saturated rings. The molecule has 0 saturated heterocycles. The number of aromatic hydroxyl groups is 1. The van der Waals surface area contributed by atoms with Crippen molar-refractivity contribution in [2.75, 3.05) is 0 Å². The molecule has 0 unspecified atom stereocenters. The highest BCUT2D eigenvalue weighted by Crippen LogP contribution is 2.27. The third-order valence-corrected chi connectivity index (χ3v) is 3.37. The molecular weight excluding hydrogens is 297 g/mol. The lowest BCUT2D eigenvalue weighted by molar-refractivity contribution is 0.479. The SMILES string of the molecule is Cc1ncccc1-n1c(=O)cc(O)c2cc(F)c(Cl)nc21. The zero-order chi connectivity index (χ0) is 15.1. The van der Waals surface area contributed by atoms with Gasteiger partial charge < -0.3 is 5.11 Å². The second-order valence-electron chi connectivity index (χ2n) is 4.44. The van der Waals surface area contributed by atoms with E-state index in [0.29, 0.717) is 11.4 Å². The molecule has 3 heterocycles. The maximum Gasteiger partial charge on any atom is 0.260 e. The predicted octanol–water partition coefficient (Wildman–Crippen LogP) is 2.59. The van der Waals surface area contributed by atoms with Crippen LogP contribution < -0.4 is 5.56 Å². The lowest BCUT2D eigenvalue weighted by Crippen LogP contribution is -2.19. The van der Waals surface area contributed by atoms with Gasteiger partial charge in [-0.15, -0.1) is 0 Å². The maximum absolute atomic E-state index is 13.5. The minimum absolute atomic E-state index is 0.0718. The molecule has 0 radical (unpaired) electrons. The molecule has 3 aromatic rings. The van der Waals surface area contributed by atoms with Crippen LogP contribution in [0.4, 0.5) is 4.39 Å². The van der Waals surface area contributed by atoms with E-state index in [1.807, 2.05) is 0 Å². The lowest BCUT2D eigenvalue weighted by atomic mass is 10.2. The van der Waals surface area contributed by atoms with Crippen LogP contribution in [0.15, 0.2) is 35.3 Å². The van der Waals surface area contributed by atoms with Gasteiger partial charge in [-0.25, -0.2) is 9.37 Å². The molecule has 3 aromatic heterocycles. The first-order valence-corrected chi connectivity index (χ1v) is 6.39. The van der Waals surface area contributed by atoms with E-state index in [0.717, 1.165) is 12.1 Å². The van der Waals surface area contributed by atoms with Crippen molar-refractivity contribution in [3.05, 3.63) is 57.5 Å². The molecule has 3 rings (SSSR count). The van der Waals surface area contributed by atoms with Gasteiger partial charge in [0.15, 0.2) is 16.6 Å². The average molecular weight is 306 g/mol. The number of pyridine rings is 3. The van der Waals surface area contributed by atoms with Crippen LogP contribution in [0.5, 0.6) is 5.75 Å². The van der Waals surface area contributed by atoms with Gasteiger partial charge in [-0.2, -0.15) is 0 Å². The summed E-state index contributed by atoms with van der Waals surface area (Å²) >= 11 is 5.69. The first-order chi connectivity index (χ1) is 9.99. The number of aryl methyl sites for hydroxylation is 1. The molecule has 7 heteroatoms. The van der Waals surface area contributed by atoms with Crippen LogP contribution in [0.3, 0.4) is 0 Å². The molecule has 0 amide bonds. The lowest BCUT2D eigenvalue weighted by Gasteiger charge is -2.12. The minimum atomic E-state index is -0.771. The van der Waals surface area contributed by atoms with E-state index in [1.165, 1.54) is 4.57 Å². The molecule has 0 atom stereocenters. The normalized spacial score (nSPS) is 11.0. The van der Waals surface area contributed by atoms with E-state index >= 15 is 0 Å². The summed E-state index contributed by atoms with van der Waals surface area (Å²) in [5.74, 6) is -1.12. The van der Waals surface area contributed by atoms with E-state index in [2.05, 4.69) is 9.97 Å². The van der Waals surface area contributed by atoms with Crippen LogP contribution >= 0.6 is 11.6 Å². The highest BCUT2D eigenvalue weighted by atomic mass is 35.5. The van der Waals surface area contributed by atoms with E-state index in [-0.39, 0.29) is 21.9 Å². The molecule has 1 N–H and O–H groups in total. The van der Waals surface area contributed by atoms with Crippen molar-refractivity contribution in [2.45, 2.75) is 6.92 Å². The number of fused-ring (bicyclic) bond motifs is 1. The molecule has 0 spiro atoms. The molecule has 5 nitrogen and oxygen atoms in total. The number of rotatable bonds is 1. The third kappa shape index (κ3) is 2.13.